The first kappa shape index (κ1) is 4.88. The third kappa shape index (κ3) is 3.88. The SMILES string of the molecule is N#C[SiH2]O[SiH3]. The Bertz CT molecular complexity index is 48.1. The Balaban J connectivity index is 2.48. The predicted octanol–water partition coefficient (Wildman–Crippen LogP) is -2.15. The summed E-state index contributed by atoms with van der Waals surface area (Å²) in [5.74, 6) is 0. The molecule has 0 aliphatic carbocycles. The number of nitriles is 1. The standard InChI is InChI=1S/CH5NOSi2/c2-1-5-3-4/h5H2,4H3. The summed E-state index contributed by atoms with van der Waals surface area (Å²) in [7, 11) is 0.0373. The Morgan fingerprint density at radius 3 is 2.60 bits per heavy atom. The average Bonchev–Trinajstić information content (AvgIpc) is 1.41. The van der Waals surface area contributed by atoms with Crippen LogP contribution >= 0.6 is 0 Å². The van der Waals surface area contributed by atoms with Gasteiger partial charge in [0.2, 0.25) is 0 Å². The van der Waals surface area contributed by atoms with Crippen LogP contribution in [0.15, 0.2) is 0 Å². The zero-order valence-electron chi connectivity index (χ0n) is 3.06. The molecule has 0 aliphatic rings. The van der Waals surface area contributed by atoms with Crippen LogP contribution in [-0.2, 0) is 4.12 Å². The van der Waals surface area contributed by atoms with Crippen molar-refractivity contribution < 1.29 is 4.12 Å². The molecular formula is CH5NOSi2. The lowest BCUT2D eigenvalue weighted by Gasteiger charge is -1.73. The van der Waals surface area contributed by atoms with Gasteiger partial charge < -0.3 is 4.12 Å². The summed E-state index contributed by atoms with van der Waals surface area (Å²) < 4.78 is 4.61. The second-order valence-electron chi connectivity index (χ2n) is 0.591. The van der Waals surface area contributed by atoms with Gasteiger partial charge in [-0.3, -0.25) is 0 Å². The fourth-order valence-corrected chi connectivity index (χ4v) is 0.581. The maximum atomic E-state index is 7.78. The minimum Gasteiger partial charge on any atom is -0.458 e. The van der Waals surface area contributed by atoms with Crippen molar-refractivity contribution in [3.63, 3.8) is 0 Å². The minimum absolute atomic E-state index is 0.701. The normalized spacial score (nSPS) is 9.40. The second kappa shape index (κ2) is 3.88. The van der Waals surface area contributed by atoms with Crippen molar-refractivity contribution >= 4 is 20.2 Å². The van der Waals surface area contributed by atoms with E-state index in [1.807, 2.05) is 5.69 Å². The molecule has 0 aromatic rings. The fraction of sp³-hybridized carbons (Fsp3) is 0. The zero-order chi connectivity index (χ0) is 4.12. The van der Waals surface area contributed by atoms with Gasteiger partial charge in [-0.05, 0) is 0 Å². The number of hydrogen-bond donors (Lipinski definition) is 0. The molecule has 0 N–H and O–H groups in total. The van der Waals surface area contributed by atoms with Crippen LogP contribution in [0.1, 0.15) is 0 Å². The van der Waals surface area contributed by atoms with Crippen LogP contribution in [0.5, 0.6) is 0 Å². The van der Waals surface area contributed by atoms with E-state index in [-0.39, 0.29) is 0 Å². The van der Waals surface area contributed by atoms with Crippen LogP contribution in [-0.4, -0.2) is 20.2 Å². The van der Waals surface area contributed by atoms with Gasteiger partial charge in [0.15, 0.2) is 0 Å². The highest BCUT2D eigenvalue weighted by Crippen LogP contribution is 1.46. The highest BCUT2D eigenvalue weighted by atomic mass is 28.3. The Morgan fingerprint density at radius 1 is 2.00 bits per heavy atom. The summed E-state index contributed by atoms with van der Waals surface area (Å²) in [6.45, 7) is 0. The molecule has 0 heterocycles. The first-order chi connectivity index (χ1) is 2.41. The highest BCUT2D eigenvalue weighted by Gasteiger charge is 1.66. The molecule has 5 heavy (non-hydrogen) atoms. The number of rotatable bonds is 1. The molecule has 0 radical (unpaired) electrons. The highest BCUT2D eigenvalue weighted by molar-refractivity contribution is 6.42. The van der Waals surface area contributed by atoms with Crippen LogP contribution in [0.4, 0.5) is 0 Å². The molecule has 0 aromatic heterocycles. The van der Waals surface area contributed by atoms with E-state index in [0.717, 1.165) is 10.5 Å². The lowest BCUT2D eigenvalue weighted by molar-refractivity contribution is 0.677. The Hall–Kier alpha value is -0.116. The monoisotopic (exact) mass is 103 g/mol. The summed E-state index contributed by atoms with van der Waals surface area (Å²) in [6, 6.07) is 0. The summed E-state index contributed by atoms with van der Waals surface area (Å²) in [5, 5.41) is 7.78. The van der Waals surface area contributed by atoms with E-state index in [2.05, 4.69) is 4.12 Å². The third-order valence-electron chi connectivity index (χ3n) is 0.209. The molecule has 0 saturated carbocycles. The molecule has 0 aliphatic heterocycles. The van der Waals surface area contributed by atoms with Crippen molar-refractivity contribution in [3.8, 4) is 5.69 Å². The van der Waals surface area contributed by atoms with Crippen LogP contribution < -0.4 is 0 Å². The van der Waals surface area contributed by atoms with Gasteiger partial charge in [0.05, 0.1) is 5.69 Å². The Morgan fingerprint density at radius 2 is 2.60 bits per heavy atom. The molecule has 0 atom stereocenters. The molecule has 0 bridgehead atoms. The molecule has 0 spiro atoms. The second-order valence-corrected chi connectivity index (χ2v) is 3.51. The first-order valence-electron chi connectivity index (χ1n) is 1.27. The lowest BCUT2D eigenvalue weighted by Crippen LogP contribution is -1.86. The van der Waals surface area contributed by atoms with Crippen LogP contribution in [0.25, 0.3) is 0 Å². The van der Waals surface area contributed by atoms with Gasteiger partial charge in [-0.25, -0.2) is 5.26 Å². The first-order valence-corrected chi connectivity index (χ1v) is 3.38. The Labute approximate surface area is 36.2 Å². The topological polar surface area (TPSA) is 33.0 Å². The van der Waals surface area contributed by atoms with Crippen molar-refractivity contribution in [2.75, 3.05) is 0 Å². The van der Waals surface area contributed by atoms with Crippen molar-refractivity contribution in [3.05, 3.63) is 0 Å². The van der Waals surface area contributed by atoms with Gasteiger partial charge in [0.25, 0.3) is 9.76 Å². The minimum atomic E-state index is -0.701. The van der Waals surface area contributed by atoms with Crippen molar-refractivity contribution in [2.24, 2.45) is 0 Å². The average molecular weight is 103 g/mol. The summed E-state index contributed by atoms with van der Waals surface area (Å²) in [5.41, 5.74) is 1.97. The molecule has 0 rings (SSSR count). The largest absolute Gasteiger partial charge is 0.458 e. The molecule has 0 aromatic carbocycles. The van der Waals surface area contributed by atoms with E-state index in [9.17, 15) is 0 Å². The van der Waals surface area contributed by atoms with Gasteiger partial charge in [0, 0.05) is 0 Å². The van der Waals surface area contributed by atoms with E-state index in [4.69, 9.17) is 5.26 Å². The van der Waals surface area contributed by atoms with Gasteiger partial charge in [0.1, 0.15) is 10.5 Å². The van der Waals surface area contributed by atoms with Crippen LogP contribution in [0.3, 0.4) is 0 Å². The lowest BCUT2D eigenvalue weighted by atomic mass is 11.8. The van der Waals surface area contributed by atoms with Crippen molar-refractivity contribution in [1.29, 1.82) is 5.26 Å². The van der Waals surface area contributed by atoms with Gasteiger partial charge in [-0.1, -0.05) is 0 Å². The Kier molecular flexibility index (Phi) is 3.79. The zero-order valence-corrected chi connectivity index (χ0v) is 6.48. The van der Waals surface area contributed by atoms with Crippen molar-refractivity contribution in [2.45, 2.75) is 0 Å². The quantitative estimate of drug-likeness (QED) is 0.354. The molecule has 28 valence electrons. The smallest absolute Gasteiger partial charge is 0.264 e. The molecule has 0 saturated heterocycles. The maximum absolute atomic E-state index is 7.78. The number of hydrogen-bond acceptors (Lipinski definition) is 2. The van der Waals surface area contributed by atoms with Gasteiger partial charge in [-0.15, -0.1) is 0 Å². The van der Waals surface area contributed by atoms with Crippen molar-refractivity contribution in [1.82, 2.24) is 0 Å². The molecule has 0 unspecified atom stereocenters. The summed E-state index contributed by atoms with van der Waals surface area (Å²) in [4.78, 5) is 0. The van der Waals surface area contributed by atoms with Gasteiger partial charge in [-0.2, -0.15) is 0 Å². The third-order valence-corrected chi connectivity index (χ3v) is 1.49. The van der Waals surface area contributed by atoms with E-state index >= 15 is 0 Å². The summed E-state index contributed by atoms with van der Waals surface area (Å²) in [6.07, 6.45) is 0. The van der Waals surface area contributed by atoms with E-state index in [1.54, 1.807) is 0 Å². The fourth-order valence-electron chi connectivity index (χ4n) is 0.0645. The summed E-state index contributed by atoms with van der Waals surface area (Å²) >= 11 is 0. The van der Waals surface area contributed by atoms with E-state index in [1.165, 1.54) is 0 Å². The molecular weight excluding hydrogens is 98.2 g/mol. The number of nitrogens with zero attached hydrogens (tertiary/aromatic N) is 1. The van der Waals surface area contributed by atoms with Gasteiger partial charge >= 0.3 is 0 Å². The molecule has 2 nitrogen and oxygen atoms in total. The molecule has 0 amide bonds. The van der Waals surface area contributed by atoms with E-state index in [0.29, 0.717) is 0 Å². The molecule has 0 fully saturated rings. The molecule has 4 heteroatoms. The maximum Gasteiger partial charge on any atom is 0.264 e. The van der Waals surface area contributed by atoms with E-state index < -0.39 is 9.76 Å². The van der Waals surface area contributed by atoms with Crippen LogP contribution in [0, 0.1) is 11.0 Å². The predicted molar refractivity (Wildman–Crippen MR) is 25.2 cm³/mol. The van der Waals surface area contributed by atoms with Crippen LogP contribution in [0.2, 0.25) is 0 Å².